The second kappa shape index (κ2) is 4.68. The maximum absolute atomic E-state index is 2.91. The van der Waals surface area contributed by atoms with Crippen LogP contribution < -0.4 is 0 Å². The molecule has 0 aromatic rings. The number of rotatable bonds is 1. The van der Waals surface area contributed by atoms with Gasteiger partial charge in [-0.3, -0.25) is 4.90 Å². The van der Waals surface area contributed by atoms with Crippen molar-refractivity contribution in [3.63, 3.8) is 0 Å². The van der Waals surface area contributed by atoms with E-state index in [1.54, 1.807) is 6.42 Å². The van der Waals surface area contributed by atoms with E-state index in [9.17, 15) is 0 Å². The molecule has 1 nitrogen and oxygen atoms in total. The summed E-state index contributed by atoms with van der Waals surface area (Å²) in [5, 5.41) is 0. The normalized spacial score (nSPS) is 44.8. The molecule has 0 spiro atoms. The average molecular weight is 221 g/mol. The molecular weight excluding hydrogens is 194 g/mol. The maximum Gasteiger partial charge on any atom is 0.0127 e. The fourth-order valence-electron chi connectivity index (χ4n) is 4.90. The summed E-state index contributed by atoms with van der Waals surface area (Å²) in [4.78, 5) is 2.91. The Kier molecular flexibility index (Phi) is 3.24. The van der Waals surface area contributed by atoms with Gasteiger partial charge in [0.05, 0.1) is 0 Å². The zero-order valence-corrected chi connectivity index (χ0v) is 10.8. The van der Waals surface area contributed by atoms with Gasteiger partial charge in [-0.25, -0.2) is 0 Å². The van der Waals surface area contributed by atoms with Crippen LogP contribution in [0.1, 0.15) is 64.7 Å². The highest BCUT2D eigenvalue weighted by Crippen LogP contribution is 2.44. The monoisotopic (exact) mass is 221 g/mol. The van der Waals surface area contributed by atoms with Crippen molar-refractivity contribution in [2.45, 2.75) is 76.8 Å². The fraction of sp³-hybridized carbons (Fsp3) is 1.00. The van der Waals surface area contributed by atoms with Crippen molar-refractivity contribution in [2.75, 3.05) is 6.54 Å². The van der Waals surface area contributed by atoms with E-state index in [1.165, 1.54) is 57.9 Å². The molecule has 1 heteroatoms. The molecule has 1 saturated heterocycles. The summed E-state index contributed by atoms with van der Waals surface area (Å²) >= 11 is 0. The van der Waals surface area contributed by atoms with Crippen LogP contribution in [-0.4, -0.2) is 23.5 Å². The highest BCUT2D eigenvalue weighted by molar-refractivity contribution is 4.97. The highest BCUT2D eigenvalue weighted by Gasteiger charge is 2.43. The summed E-state index contributed by atoms with van der Waals surface area (Å²) in [5.74, 6) is 2.13. The van der Waals surface area contributed by atoms with E-state index < -0.39 is 0 Å². The van der Waals surface area contributed by atoms with Crippen molar-refractivity contribution in [3.05, 3.63) is 0 Å². The van der Waals surface area contributed by atoms with Crippen LogP contribution in [0.5, 0.6) is 0 Å². The third-order valence-corrected chi connectivity index (χ3v) is 5.56. The van der Waals surface area contributed by atoms with Crippen LogP contribution >= 0.6 is 0 Å². The molecule has 2 saturated carbocycles. The van der Waals surface area contributed by atoms with Gasteiger partial charge in [0.15, 0.2) is 0 Å². The number of nitrogens with zero attached hydrogens (tertiary/aromatic N) is 1. The highest BCUT2D eigenvalue weighted by atomic mass is 15.2. The molecule has 0 amide bonds. The van der Waals surface area contributed by atoms with Gasteiger partial charge in [-0.05, 0) is 50.5 Å². The number of piperidine rings is 1. The Hall–Kier alpha value is -0.0400. The average Bonchev–Trinajstić information content (AvgIpc) is 2.36. The minimum Gasteiger partial charge on any atom is -0.297 e. The lowest BCUT2D eigenvalue weighted by Crippen LogP contribution is -2.56. The van der Waals surface area contributed by atoms with E-state index in [1.807, 2.05) is 0 Å². The van der Waals surface area contributed by atoms with Gasteiger partial charge < -0.3 is 0 Å². The molecule has 3 aliphatic rings. The van der Waals surface area contributed by atoms with Crippen LogP contribution in [0.3, 0.4) is 0 Å². The minimum atomic E-state index is 0.970. The quantitative estimate of drug-likeness (QED) is 0.650. The van der Waals surface area contributed by atoms with Crippen LogP contribution in [-0.2, 0) is 0 Å². The Balaban J connectivity index is 1.78. The molecule has 1 heterocycles. The molecular formula is C15H27N. The van der Waals surface area contributed by atoms with Crippen LogP contribution in [0, 0.1) is 11.8 Å². The molecule has 92 valence electrons. The van der Waals surface area contributed by atoms with E-state index >= 15 is 0 Å². The second-order valence-corrected chi connectivity index (χ2v) is 6.29. The summed E-state index contributed by atoms with van der Waals surface area (Å²) in [6.07, 6.45) is 13.7. The van der Waals surface area contributed by atoms with Gasteiger partial charge >= 0.3 is 0 Å². The van der Waals surface area contributed by atoms with Crippen LogP contribution in [0.4, 0.5) is 0 Å². The molecule has 3 fully saturated rings. The third-order valence-electron chi connectivity index (χ3n) is 5.56. The SMILES string of the molecule is CCN1[C@@H]2CCCC[C@H]2C[C@H]2CCCC[C@@H]21. The standard InChI is InChI=1S/C15H27N/c1-2-16-14-9-5-3-7-12(14)11-13-8-4-6-10-15(13)16/h12-15H,2-11H2,1H3/t12-,13+,14+,15-. The molecule has 0 bridgehead atoms. The lowest BCUT2D eigenvalue weighted by Gasteiger charge is -2.53. The third kappa shape index (κ3) is 1.81. The Bertz CT molecular complexity index is 216. The first-order valence-corrected chi connectivity index (χ1v) is 7.66. The van der Waals surface area contributed by atoms with Gasteiger partial charge in [-0.1, -0.05) is 32.6 Å². The Morgan fingerprint density at radius 3 is 1.81 bits per heavy atom. The number of fused-ring (bicyclic) bond motifs is 2. The molecule has 0 aromatic carbocycles. The van der Waals surface area contributed by atoms with Crippen molar-refractivity contribution >= 4 is 0 Å². The largest absolute Gasteiger partial charge is 0.297 e. The van der Waals surface area contributed by atoms with Crippen LogP contribution in [0.15, 0.2) is 0 Å². The summed E-state index contributed by atoms with van der Waals surface area (Å²) in [7, 11) is 0. The summed E-state index contributed by atoms with van der Waals surface area (Å²) in [6, 6.07) is 1.94. The van der Waals surface area contributed by atoms with E-state index in [-0.39, 0.29) is 0 Å². The van der Waals surface area contributed by atoms with Crippen LogP contribution in [0.25, 0.3) is 0 Å². The minimum absolute atomic E-state index is 0.970. The number of hydrogen-bond donors (Lipinski definition) is 0. The topological polar surface area (TPSA) is 3.24 Å². The number of hydrogen-bond acceptors (Lipinski definition) is 1. The summed E-state index contributed by atoms with van der Waals surface area (Å²) < 4.78 is 0. The smallest absolute Gasteiger partial charge is 0.0127 e. The van der Waals surface area contributed by atoms with E-state index in [4.69, 9.17) is 0 Å². The van der Waals surface area contributed by atoms with E-state index in [2.05, 4.69) is 11.8 Å². The molecule has 16 heavy (non-hydrogen) atoms. The summed E-state index contributed by atoms with van der Waals surface area (Å²) in [5.41, 5.74) is 0. The van der Waals surface area contributed by atoms with Crippen molar-refractivity contribution in [3.8, 4) is 0 Å². The zero-order valence-electron chi connectivity index (χ0n) is 10.8. The second-order valence-electron chi connectivity index (χ2n) is 6.29. The van der Waals surface area contributed by atoms with Gasteiger partial charge in [-0.15, -0.1) is 0 Å². The molecule has 0 unspecified atom stereocenters. The van der Waals surface area contributed by atoms with Crippen LogP contribution in [0.2, 0.25) is 0 Å². The zero-order chi connectivity index (χ0) is 11.0. The lowest BCUT2D eigenvalue weighted by atomic mass is 9.68. The molecule has 0 aromatic heterocycles. The number of likely N-dealkylation sites (tertiary alicyclic amines) is 1. The molecule has 0 N–H and O–H groups in total. The van der Waals surface area contributed by atoms with Crippen molar-refractivity contribution in [2.24, 2.45) is 11.8 Å². The van der Waals surface area contributed by atoms with Gasteiger partial charge in [-0.2, -0.15) is 0 Å². The van der Waals surface area contributed by atoms with Gasteiger partial charge in [0.1, 0.15) is 0 Å². The van der Waals surface area contributed by atoms with E-state index in [0.717, 1.165) is 23.9 Å². The predicted octanol–water partition coefficient (Wildman–Crippen LogP) is 3.83. The first-order chi connectivity index (χ1) is 7.90. The maximum atomic E-state index is 2.91. The Labute approximate surface area is 101 Å². The first kappa shape index (κ1) is 11.1. The fourth-order valence-corrected chi connectivity index (χ4v) is 4.90. The predicted molar refractivity (Wildman–Crippen MR) is 68.5 cm³/mol. The molecule has 0 radical (unpaired) electrons. The molecule has 4 atom stereocenters. The Morgan fingerprint density at radius 2 is 1.31 bits per heavy atom. The van der Waals surface area contributed by atoms with Gasteiger partial charge in [0, 0.05) is 12.1 Å². The van der Waals surface area contributed by atoms with Gasteiger partial charge in [0.25, 0.3) is 0 Å². The lowest BCUT2D eigenvalue weighted by molar-refractivity contribution is -0.0351. The van der Waals surface area contributed by atoms with Gasteiger partial charge in [0.2, 0.25) is 0 Å². The molecule has 1 aliphatic heterocycles. The van der Waals surface area contributed by atoms with Crippen molar-refractivity contribution < 1.29 is 0 Å². The summed E-state index contributed by atoms with van der Waals surface area (Å²) in [6.45, 7) is 3.70. The van der Waals surface area contributed by atoms with Crippen molar-refractivity contribution in [1.29, 1.82) is 0 Å². The first-order valence-electron chi connectivity index (χ1n) is 7.66. The molecule has 2 aliphatic carbocycles. The van der Waals surface area contributed by atoms with Crippen molar-refractivity contribution in [1.82, 2.24) is 4.90 Å². The van der Waals surface area contributed by atoms with E-state index in [0.29, 0.717) is 0 Å². The molecule has 3 rings (SSSR count). The Morgan fingerprint density at radius 1 is 0.812 bits per heavy atom.